The minimum atomic E-state index is 0.217. The van der Waals surface area contributed by atoms with E-state index in [9.17, 15) is 0 Å². The maximum atomic E-state index is 5.85. The molecule has 0 radical (unpaired) electrons. The summed E-state index contributed by atoms with van der Waals surface area (Å²) in [6.45, 7) is 14.5. The van der Waals surface area contributed by atoms with Crippen molar-refractivity contribution in [1.29, 1.82) is 0 Å². The molecule has 0 spiro atoms. The normalized spacial score (nSPS) is 12.8. The molecule has 2 N–H and O–H groups in total. The van der Waals surface area contributed by atoms with Gasteiger partial charge in [0, 0.05) is 0 Å². The SMILES string of the molecule is CCc1cccc(CCC(C)(C)CN)c1C(C)(C)C. The van der Waals surface area contributed by atoms with Crippen molar-refractivity contribution in [3.8, 4) is 0 Å². The van der Waals surface area contributed by atoms with Crippen molar-refractivity contribution in [3.05, 3.63) is 34.9 Å². The van der Waals surface area contributed by atoms with Crippen LogP contribution in [0.15, 0.2) is 18.2 Å². The van der Waals surface area contributed by atoms with Crippen molar-refractivity contribution in [1.82, 2.24) is 0 Å². The van der Waals surface area contributed by atoms with Crippen molar-refractivity contribution in [2.24, 2.45) is 11.1 Å². The monoisotopic (exact) mass is 261 g/mol. The van der Waals surface area contributed by atoms with E-state index in [0.717, 1.165) is 25.8 Å². The van der Waals surface area contributed by atoms with Crippen LogP contribution in [-0.2, 0) is 18.3 Å². The first-order valence-electron chi connectivity index (χ1n) is 7.52. The fraction of sp³-hybridized carbons (Fsp3) is 0.667. The van der Waals surface area contributed by atoms with E-state index < -0.39 is 0 Å². The van der Waals surface area contributed by atoms with Crippen LogP contribution in [0.1, 0.15) is 64.7 Å². The molecular formula is C18H31N. The minimum Gasteiger partial charge on any atom is -0.330 e. The summed E-state index contributed by atoms with van der Waals surface area (Å²) in [5.41, 5.74) is 10.9. The fourth-order valence-electron chi connectivity index (χ4n) is 2.69. The first-order chi connectivity index (χ1) is 8.71. The molecule has 0 unspecified atom stereocenters. The quantitative estimate of drug-likeness (QED) is 0.832. The van der Waals surface area contributed by atoms with Crippen LogP contribution in [0, 0.1) is 5.41 Å². The fourth-order valence-corrected chi connectivity index (χ4v) is 2.69. The van der Waals surface area contributed by atoms with Crippen molar-refractivity contribution >= 4 is 0 Å². The summed E-state index contributed by atoms with van der Waals surface area (Å²) in [6, 6.07) is 6.78. The molecule has 0 atom stereocenters. The smallest absolute Gasteiger partial charge is 0.00257 e. The van der Waals surface area contributed by atoms with E-state index in [1.807, 2.05) is 0 Å². The van der Waals surface area contributed by atoms with Gasteiger partial charge in [-0.3, -0.25) is 0 Å². The molecule has 0 heterocycles. The maximum absolute atomic E-state index is 5.85. The van der Waals surface area contributed by atoms with Crippen LogP contribution in [0.3, 0.4) is 0 Å². The third kappa shape index (κ3) is 4.35. The standard InChI is InChI=1S/C18H31N/c1-7-14-9-8-10-15(16(14)17(2,3)4)11-12-18(5,6)13-19/h8-10H,7,11-13,19H2,1-6H3. The Bertz CT molecular complexity index is 410. The third-order valence-corrected chi connectivity index (χ3v) is 3.99. The summed E-state index contributed by atoms with van der Waals surface area (Å²) in [4.78, 5) is 0. The van der Waals surface area contributed by atoms with Gasteiger partial charge in [-0.05, 0) is 53.3 Å². The molecule has 108 valence electrons. The Labute approximate surface area is 119 Å². The molecule has 0 aliphatic carbocycles. The zero-order valence-electron chi connectivity index (χ0n) is 13.6. The average molecular weight is 261 g/mol. The molecule has 0 saturated heterocycles. The van der Waals surface area contributed by atoms with Gasteiger partial charge in [-0.2, -0.15) is 0 Å². The molecule has 0 fully saturated rings. The van der Waals surface area contributed by atoms with Gasteiger partial charge in [-0.1, -0.05) is 59.7 Å². The highest BCUT2D eigenvalue weighted by Gasteiger charge is 2.22. The largest absolute Gasteiger partial charge is 0.330 e. The molecule has 0 aliphatic heterocycles. The van der Waals surface area contributed by atoms with Crippen LogP contribution in [0.25, 0.3) is 0 Å². The number of hydrogen-bond donors (Lipinski definition) is 1. The number of hydrogen-bond acceptors (Lipinski definition) is 1. The summed E-state index contributed by atoms with van der Waals surface area (Å²) >= 11 is 0. The van der Waals surface area contributed by atoms with Gasteiger partial charge in [0.25, 0.3) is 0 Å². The second kappa shape index (κ2) is 6.09. The van der Waals surface area contributed by atoms with Gasteiger partial charge in [0.05, 0.1) is 0 Å². The van der Waals surface area contributed by atoms with Crippen molar-refractivity contribution in [3.63, 3.8) is 0 Å². The van der Waals surface area contributed by atoms with E-state index in [1.54, 1.807) is 5.56 Å². The molecule has 0 amide bonds. The van der Waals surface area contributed by atoms with Gasteiger partial charge in [0.15, 0.2) is 0 Å². The Morgan fingerprint density at radius 3 is 2.05 bits per heavy atom. The number of rotatable bonds is 5. The Kier molecular flexibility index (Phi) is 5.20. The lowest BCUT2D eigenvalue weighted by Gasteiger charge is -2.28. The molecule has 1 aromatic carbocycles. The van der Waals surface area contributed by atoms with Gasteiger partial charge in [-0.15, -0.1) is 0 Å². The lowest BCUT2D eigenvalue weighted by atomic mass is 9.77. The molecule has 19 heavy (non-hydrogen) atoms. The highest BCUT2D eigenvalue weighted by Crippen LogP contribution is 2.32. The van der Waals surface area contributed by atoms with Crippen LogP contribution in [0.2, 0.25) is 0 Å². The topological polar surface area (TPSA) is 26.0 Å². The summed E-state index contributed by atoms with van der Waals surface area (Å²) in [6.07, 6.45) is 3.39. The van der Waals surface area contributed by atoms with Crippen LogP contribution in [0.5, 0.6) is 0 Å². The average Bonchev–Trinajstić information content (AvgIpc) is 2.34. The summed E-state index contributed by atoms with van der Waals surface area (Å²) < 4.78 is 0. The Hall–Kier alpha value is -0.820. The van der Waals surface area contributed by atoms with Crippen molar-refractivity contribution in [2.75, 3.05) is 6.54 Å². The van der Waals surface area contributed by atoms with E-state index in [4.69, 9.17) is 5.73 Å². The summed E-state index contributed by atoms with van der Waals surface area (Å²) in [7, 11) is 0. The molecule has 1 rings (SSSR count). The maximum Gasteiger partial charge on any atom is -0.00257 e. The number of benzene rings is 1. The van der Waals surface area contributed by atoms with E-state index in [0.29, 0.717) is 0 Å². The van der Waals surface area contributed by atoms with Crippen molar-refractivity contribution < 1.29 is 0 Å². The highest BCUT2D eigenvalue weighted by molar-refractivity contribution is 5.40. The predicted molar refractivity (Wildman–Crippen MR) is 85.7 cm³/mol. The second-order valence-electron chi connectivity index (χ2n) is 7.42. The van der Waals surface area contributed by atoms with Gasteiger partial charge in [-0.25, -0.2) is 0 Å². The first-order valence-corrected chi connectivity index (χ1v) is 7.52. The molecule has 0 aliphatic rings. The lowest BCUT2D eigenvalue weighted by molar-refractivity contribution is 0.346. The van der Waals surface area contributed by atoms with Gasteiger partial charge in [0.1, 0.15) is 0 Å². The molecule has 0 saturated carbocycles. The third-order valence-electron chi connectivity index (χ3n) is 3.99. The highest BCUT2D eigenvalue weighted by atomic mass is 14.6. The molecule has 0 aromatic heterocycles. The molecule has 1 heteroatoms. The van der Waals surface area contributed by atoms with E-state index >= 15 is 0 Å². The van der Waals surface area contributed by atoms with Gasteiger partial charge in [0.2, 0.25) is 0 Å². The zero-order chi connectivity index (χ0) is 14.7. The van der Waals surface area contributed by atoms with Crippen LogP contribution in [0.4, 0.5) is 0 Å². The number of aryl methyl sites for hydroxylation is 2. The Morgan fingerprint density at radius 2 is 1.58 bits per heavy atom. The molecule has 1 nitrogen and oxygen atoms in total. The van der Waals surface area contributed by atoms with E-state index in [2.05, 4.69) is 59.7 Å². The second-order valence-corrected chi connectivity index (χ2v) is 7.42. The van der Waals surface area contributed by atoms with E-state index in [-0.39, 0.29) is 10.8 Å². The van der Waals surface area contributed by atoms with Crippen LogP contribution < -0.4 is 5.73 Å². The lowest BCUT2D eigenvalue weighted by Crippen LogP contribution is -2.25. The Morgan fingerprint density at radius 1 is 1.00 bits per heavy atom. The first kappa shape index (κ1) is 16.2. The van der Waals surface area contributed by atoms with Crippen LogP contribution >= 0.6 is 0 Å². The van der Waals surface area contributed by atoms with Crippen LogP contribution in [-0.4, -0.2) is 6.54 Å². The zero-order valence-corrected chi connectivity index (χ0v) is 13.6. The Balaban J connectivity index is 3.07. The van der Waals surface area contributed by atoms with Gasteiger partial charge < -0.3 is 5.73 Å². The molecular weight excluding hydrogens is 230 g/mol. The summed E-state index contributed by atoms with van der Waals surface area (Å²) in [5.74, 6) is 0. The predicted octanol–water partition coefficient (Wildman–Crippen LogP) is 4.46. The van der Waals surface area contributed by atoms with Gasteiger partial charge >= 0.3 is 0 Å². The summed E-state index contributed by atoms with van der Waals surface area (Å²) in [5, 5.41) is 0. The van der Waals surface area contributed by atoms with E-state index in [1.165, 1.54) is 11.1 Å². The minimum absolute atomic E-state index is 0.217. The van der Waals surface area contributed by atoms with Crippen molar-refractivity contribution in [2.45, 2.75) is 66.2 Å². The number of nitrogens with two attached hydrogens (primary N) is 1. The molecule has 1 aromatic rings. The molecule has 0 bridgehead atoms.